The van der Waals surface area contributed by atoms with Crippen LogP contribution < -0.4 is 0 Å². The number of hydrogen-bond donors (Lipinski definition) is 1. The molecule has 3 heterocycles. The summed E-state index contributed by atoms with van der Waals surface area (Å²) < 4.78 is 26.9. The number of amides is 1. The van der Waals surface area contributed by atoms with Crippen LogP contribution in [0.15, 0.2) is 52.7 Å². The van der Waals surface area contributed by atoms with Crippen LogP contribution in [0.1, 0.15) is 10.5 Å². The second-order valence-corrected chi connectivity index (χ2v) is 9.48. The highest BCUT2D eigenvalue weighted by molar-refractivity contribution is 7.89. The number of nitro benzene ring substituents is 1. The Bertz CT molecular complexity index is 1180. The molecular weight excluding hydrogens is 430 g/mol. The number of nitrogens with zero attached hydrogens (tertiary/aromatic N) is 4. The number of benzene rings is 1. The van der Waals surface area contributed by atoms with Gasteiger partial charge in [0, 0.05) is 38.3 Å². The van der Waals surface area contributed by atoms with Gasteiger partial charge < -0.3 is 4.90 Å². The molecule has 4 rings (SSSR count). The lowest BCUT2D eigenvalue weighted by Gasteiger charge is -2.33. The van der Waals surface area contributed by atoms with E-state index in [1.807, 2.05) is 17.5 Å². The van der Waals surface area contributed by atoms with Crippen molar-refractivity contribution in [3.63, 3.8) is 0 Å². The van der Waals surface area contributed by atoms with Crippen LogP contribution in [-0.2, 0) is 10.0 Å². The highest BCUT2D eigenvalue weighted by Crippen LogP contribution is 2.25. The van der Waals surface area contributed by atoms with E-state index >= 15 is 0 Å². The van der Waals surface area contributed by atoms with Crippen LogP contribution >= 0.6 is 11.3 Å². The number of piperazine rings is 1. The average Bonchev–Trinajstić information content (AvgIpc) is 3.45. The summed E-state index contributed by atoms with van der Waals surface area (Å²) in [6.07, 6.45) is 0. The molecule has 1 aliphatic heterocycles. The molecule has 1 fully saturated rings. The monoisotopic (exact) mass is 447 g/mol. The maximum Gasteiger partial charge on any atom is 0.274 e. The Kier molecular flexibility index (Phi) is 5.37. The molecule has 1 aliphatic rings. The van der Waals surface area contributed by atoms with Crippen molar-refractivity contribution < 1.29 is 18.1 Å². The molecule has 1 N–H and O–H groups in total. The maximum atomic E-state index is 12.8. The van der Waals surface area contributed by atoms with Crippen LogP contribution in [0.2, 0.25) is 0 Å². The van der Waals surface area contributed by atoms with Crippen LogP contribution in [0.5, 0.6) is 0 Å². The number of hydrogen-bond acceptors (Lipinski definition) is 7. The quantitative estimate of drug-likeness (QED) is 0.471. The summed E-state index contributed by atoms with van der Waals surface area (Å²) in [5.41, 5.74) is 0.735. The van der Waals surface area contributed by atoms with Crippen molar-refractivity contribution >= 4 is 33.0 Å². The Morgan fingerprint density at radius 1 is 1.13 bits per heavy atom. The number of nitro groups is 1. The summed E-state index contributed by atoms with van der Waals surface area (Å²) in [5, 5.41) is 19.8. The Hall–Kier alpha value is -3.09. The summed E-state index contributed by atoms with van der Waals surface area (Å²) in [6.45, 7) is 0.598. The fourth-order valence-corrected chi connectivity index (χ4v) is 5.34. The molecule has 1 amide bonds. The first-order chi connectivity index (χ1) is 14.4. The van der Waals surface area contributed by atoms with Crippen molar-refractivity contribution in [3.05, 3.63) is 63.7 Å². The summed E-state index contributed by atoms with van der Waals surface area (Å²) in [7, 11) is -3.89. The van der Waals surface area contributed by atoms with Crippen molar-refractivity contribution in [2.45, 2.75) is 4.90 Å². The first-order valence-electron chi connectivity index (χ1n) is 8.99. The first-order valence-corrected chi connectivity index (χ1v) is 11.3. The fraction of sp³-hybridized carbons (Fsp3) is 0.222. The molecule has 0 atom stereocenters. The van der Waals surface area contributed by atoms with Gasteiger partial charge in [-0.2, -0.15) is 9.40 Å². The lowest BCUT2D eigenvalue weighted by molar-refractivity contribution is -0.385. The highest BCUT2D eigenvalue weighted by Gasteiger charge is 2.31. The van der Waals surface area contributed by atoms with E-state index in [4.69, 9.17) is 0 Å². The topological polar surface area (TPSA) is 130 Å². The molecule has 3 aromatic rings. The van der Waals surface area contributed by atoms with E-state index < -0.39 is 14.9 Å². The summed E-state index contributed by atoms with van der Waals surface area (Å²) >= 11 is 1.53. The molecule has 30 heavy (non-hydrogen) atoms. The van der Waals surface area contributed by atoms with E-state index in [9.17, 15) is 23.3 Å². The van der Waals surface area contributed by atoms with E-state index in [2.05, 4.69) is 10.2 Å². The molecule has 1 aromatic carbocycles. The number of aromatic amines is 1. The minimum absolute atomic E-state index is 0.0962. The molecule has 0 saturated carbocycles. The smallest absolute Gasteiger partial charge is 0.274 e. The third kappa shape index (κ3) is 3.84. The van der Waals surface area contributed by atoms with E-state index in [0.717, 1.165) is 16.6 Å². The summed E-state index contributed by atoms with van der Waals surface area (Å²) in [5.74, 6) is -0.276. The molecule has 0 unspecified atom stereocenters. The van der Waals surface area contributed by atoms with Gasteiger partial charge in [-0.1, -0.05) is 12.1 Å². The van der Waals surface area contributed by atoms with E-state index in [-0.39, 0.29) is 48.4 Å². The van der Waals surface area contributed by atoms with Crippen LogP contribution in [0, 0.1) is 10.1 Å². The van der Waals surface area contributed by atoms with E-state index in [1.54, 1.807) is 11.0 Å². The van der Waals surface area contributed by atoms with Gasteiger partial charge in [0.2, 0.25) is 10.0 Å². The van der Waals surface area contributed by atoms with Crippen LogP contribution in [0.4, 0.5) is 5.69 Å². The number of non-ortho nitro benzene ring substituents is 1. The van der Waals surface area contributed by atoms with Crippen LogP contribution in [0.3, 0.4) is 0 Å². The van der Waals surface area contributed by atoms with Gasteiger partial charge in [-0.25, -0.2) is 8.42 Å². The van der Waals surface area contributed by atoms with Crippen molar-refractivity contribution in [2.24, 2.45) is 0 Å². The van der Waals surface area contributed by atoms with Gasteiger partial charge in [-0.3, -0.25) is 20.0 Å². The Labute approximate surface area is 175 Å². The maximum absolute atomic E-state index is 12.8. The molecule has 156 valence electrons. The number of thiophene rings is 1. The molecule has 0 aliphatic carbocycles. The van der Waals surface area contributed by atoms with Crippen molar-refractivity contribution in [3.8, 4) is 10.6 Å². The second-order valence-electron chi connectivity index (χ2n) is 6.59. The normalized spacial score (nSPS) is 15.3. The fourth-order valence-electron chi connectivity index (χ4n) is 3.19. The zero-order valence-corrected chi connectivity index (χ0v) is 17.2. The summed E-state index contributed by atoms with van der Waals surface area (Å²) in [6, 6.07) is 10.5. The average molecular weight is 447 g/mol. The summed E-state index contributed by atoms with van der Waals surface area (Å²) in [4.78, 5) is 25.4. The predicted octanol–water partition coefficient (Wildman–Crippen LogP) is 2.19. The number of carbonyl (C=O) groups excluding carboxylic acids is 1. The second kappa shape index (κ2) is 7.97. The lowest BCUT2D eigenvalue weighted by Crippen LogP contribution is -2.50. The molecule has 12 heteroatoms. The Morgan fingerprint density at radius 3 is 2.57 bits per heavy atom. The van der Waals surface area contributed by atoms with Gasteiger partial charge in [0.15, 0.2) is 5.69 Å². The third-order valence-corrected chi connectivity index (χ3v) is 7.57. The van der Waals surface area contributed by atoms with Crippen LogP contribution in [0.25, 0.3) is 10.6 Å². The van der Waals surface area contributed by atoms with Gasteiger partial charge in [0.1, 0.15) is 0 Å². The standard InChI is InChI=1S/C18H17N5O5S2/c24-18(16-12-15(19-20-16)17-5-2-10-29-17)21-6-8-22(9-7-21)30(27,28)14-4-1-3-13(11-14)23(25)26/h1-5,10-12H,6-9H2,(H,19,20). The van der Waals surface area contributed by atoms with Crippen molar-refractivity contribution in [1.29, 1.82) is 0 Å². The number of nitrogens with one attached hydrogen (secondary N) is 1. The number of rotatable bonds is 5. The van der Waals surface area contributed by atoms with Crippen molar-refractivity contribution in [2.75, 3.05) is 26.2 Å². The third-order valence-electron chi connectivity index (χ3n) is 4.78. The number of aromatic nitrogens is 2. The minimum Gasteiger partial charge on any atom is -0.335 e. The zero-order chi connectivity index (χ0) is 21.3. The highest BCUT2D eigenvalue weighted by atomic mass is 32.2. The SMILES string of the molecule is O=C(c1cc(-c2cccs2)[nH]n1)N1CCN(S(=O)(=O)c2cccc([N+](=O)[O-])c2)CC1. The Morgan fingerprint density at radius 2 is 1.90 bits per heavy atom. The molecule has 0 radical (unpaired) electrons. The minimum atomic E-state index is -3.89. The van der Waals surface area contributed by atoms with Crippen LogP contribution in [-0.4, -0.2) is 64.8 Å². The first kappa shape index (κ1) is 20.2. The molecular formula is C18H17N5O5S2. The lowest BCUT2D eigenvalue weighted by atomic mass is 10.2. The van der Waals surface area contributed by atoms with Crippen molar-refractivity contribution in [1.82, 2.24) is 19.4 Å². The van der Waals surface area contributed by atoms with Gasteiger partial charge in [-0.15, -0.1) is 11.3 Å². The predicted molar refractivity (Wildman–Crippen MR) is 110 cm³/mol. The van der Waals surface area contributed by atoms with Gasteiger partial charge >= 0.3 is 0 Å². The molecule has 0 spiro atoms. The molecule has 1 saturated heterocycles. The number of H-pyrrole nitrogens is 1. The van der Waals surface area contributed by atoms with E-state index in [1.165, 1.54) is 33.8 Å². The largest absolute Gasteiger partial charge is 0.335 e. The zero-order valence-electron chi connectivity index (χ0n) is 15.6. The Balaban J connectivity index is 1.44. The van der Waals surface area contributed by atoms with Gasteiger partial charge in [0.25, 0.3) is 11.6 Å². The molecule has 0 bridgehead atoms. The molecule has 10 nitrogen and oxygen atoms in total. The van der Waals surface area contributed by atoms with Gasteiger partial charge in [0.05, 0.1) is 20.4 Å². The van der Waals surface area contributed by atoms with Gasteiger partial charge in [-0.05, 0) is 23.6 Å². The number of carbonyl (C=O) groups is 1. The van der Waals surface area contributed by atoms with E-state index in [0.29, 0.717) is 0 Å². The number of sulfonamides is 1. The molecule has 2 aromatic heterocycles.